The lowest BCUT2D eigenvalue weighted by Crippen LogP contribution is -2.27. The Bertz CT molecular complexity index is 344. The van der Waals surface area contributed by atoms with E-state index in [0.717, 1.165) is 6.26 Å². The molecule has 0 aromatic heterocycles. The minimum absolute atomic E-state index is 0.193. The maximum atomic E-state index is 11.3. The van der Waals surface area contributed by atoms with Gasteiger partial charge in [-0.25, -0.2) is 0 Å². The fraction of sp³-hybridized carbons (Fsp3) is 0.900. The molecule has 0 bridgehead atoms. The molecule has 0 amide bonds. The molecule has 6 nitrogen and oxygen atoms in total. The van der Waals surface area contributed by atoms with Crippen LogP contribution in [0.1, 0.15) is 40.0 Å². The summed E-state index contributed by atoms with van der Waals surface area (Å²) in [5.74, 6) is -0.330. The second-order valence-corrected chi connectivity index (χ2v) is 6.42. The number of esters is 1. The Labute approximate surface area is 103 Å². The quantitative estimate of drug-likeness (QED) is 0.433. The molecule has 0 aliphatic carbocycles. The normalized spacial score (nSPS) is 14.4. The highest BCUT2D eigenvalue weighted by Gasteiger charge is 2.17. The van der Waals surface area contributed by atoms with Crippen molar-refractivity contribution in [3.05, 3.63) is 0 Å². The number of nitrogens with two attached hydrogens (primary N) is 1. The van der Waals surface area contributed by atoms with Gasteiger partial charge in [0.1, 0.15) is 11.8 Å². The number of carbonyl (C=O) groups excluding carboxylic acids is 1. The minimum atomic E-state index is -3.54. The molecule has 1 atom stereocenters. The summed E-state index contributed by atoms with van der Waals surface area (Å²) >= 11 is 0. The first-order valence-electron chi connectivity index (χ1n) is 5.35. The van der Waals surface area contributed by atoms with Gasteiger partial charge in [-0.3, -0.25) is 8.98 Å². The SMILES string of the molecule is CC(C)(C)OC(=O)CCCC(N)OS(C)(=O)=O. The average Bonchev–Trinajstić information content (AvgIpc) is 1.95. The fourth-order valence-corrected chi connectivity index (χ4v) is 1.66. The van der Waals surface area contributed by atoms with Crippen LogP contribution < -0.4 is 5.73 Å². The van der Waals surface area contributed by atoms with Gasteiger partial charge in [0.25, 0.3) is 10.1 Å². The molecule has 0 aromatic rings. The van der Waals surface area contributed by atoms with E-state index in [1.54, 1.807) is 20.8 Å². The molecule has 0 saturated carbocycles. The third kappa shape index (κ3) is 11.6. The van der Waals surface area contributed by atoms with Crippen LogP contribution in [0.4, 0.5) is 0 Å². The lowest BCUT2D eigenvalue weighted by atomic mass is 10.2. The van der Waals surface area contributed by atoms with Crippen LogP contribution in [-0.4, -0.2) is 32.5 Å². The zero-order chi connectivity index (χ0) is 13.7. The van der Waals surface area contributed by atoms with Gasteiger partial charge in [0.05, 0.1) is 6.26 Å². The van der Waals surface area contributed by atoms with Crippen molar-refractivity contribution in [3.63, 3.8) is 0 Å². The Morgan fingerprint density at radius 1 is 1.35 bits per heavy atom. The Balaban J connectivity index is 3.81. The van der Waals surface area contributed by atoms with E-state index >= 15 is 0 Å². The Morgan fingerprint density at radius 3 is 2.29 bits per heavy atom. The summed E-state index contributed by atoms with van der Waals surface area (Å²) in [6.07, 6.45) is 0.920. The van der Waals surface area contributed by atoms with Crippen molar-refractivity contribution in [1.29, 1.82) is 0 Å². The second-order valence-electron chi connectivity index (χ2n) is 4.82. The Hall–Kier alpha value is -0.660. The summed E-state index contributed by atoms with van der Waals surface area (Å²) in [6, 6.07) is 0. The van der Waals surface area contributed by atoms with E-state index in [4.69, 9.17) is 10.5 Å². The lowest BCUT2D eigenvalue weighted by molar-refractivity contribution is -0.154. The van der Waals surface area contributed by atoms with Gasteiger partial charge in [-0.1, -0.05) is 0 Å². The standard InChI is InChI=1S/C10H21NO5S/c1-10(2,3)15-9(12)7-5-6-8(11)16-17(4,13)14/h8H,5-7,11H2,1-4H3. The summed E-state index contributed by atoms with van der Waals surface area (Å²) in [6.45, 7) is 5.34. The molecule has 0 fully saturated rings. The van der Waals surface area contributed by atoms with E-state index in [-0.39, 0.29) is 18.8 Å². The monoisotopic (exact) mass is 267 g/mol. The van der Waals surface area contributed by atoms with E-state index in [9.17, 15) is 13.2 Å². The molecule has 102 valence electrons. The largest absolute Gasteiger partial charge is 0.460 e. The van der Waals surface area contributed by atoms with Crippen LogP contribution in [0.15, 0.2) is 0 Å². The highest BCUT2D eigenvalue weighted by atomic mass is 32.2. The molecular formula is C10H21NO5S. The minimum Gasteiger partial charge on any atom is -0.460 e. The molecule has 0 rings (SSSR count). The van der Waals surface area contributed by atoms with Crippen LogP contribution in [0.25, 0.3) is 0 Å². The molecule has 0 radical (unpaired) electrons. The van der Waals surface area contributed by atoms with E-state index in [1.165, 1.54) is 0 Å². The first kappa shape index (κ1) is 16.3. The molecule has 0 aliphatic rings. The predicted molar refractivity (Wildman–Crippen MR) is 63.6 cm³/mol. The van der Waals surface area contributed by atoms with E-state index in [0.29, 0.717) is 6.42 Å². The van der Waals surface area contributed by atoms with Gasteiger partial charge in [0.15, 0.2) is 0 Å². The molecular weight excluding hydrogens is 246 g/mol. The van der Waals surface area contributed by atoms with Crippen molar-refractivity contribution in [2.24, 2.45) is 5.73 Å². The van der Waals surface area contributed by atoms with Crippen molar-refractivity contribution in [3.8, 4) is 0 Å². The van der Waals surface area contributed by atoms with Gasteiger partial charge in [-0.15, -0.1) is 0 Å². The zero-order valence-electron chi connectivity index (χ0n) is 10.7. The van der Waals surface area contributed by atoms with Crippen LogP contribution in [0.3, 0.4) is 0 Å². The molecule has 2 N–H and O–H groups in total. The fourth-order valence-electron chi connectivity index (χ4n) is 1.11. The topological polar surface area (TPSA) is 95.7 Å². The third-order valence-corrected chi connectivity index (χ3v) is 2.18. The van der Waals surface area contributed by atoms with Crippen molar-refractivity contribution < 1.29 is 22.1 Å². The zero-order valence-corrected chi connectivity index (χ0v) is 11.5. The number of carbonyl (C=O) groups is 1. The summed E-state index contributed by atoms with van der Waals surface area (Å²) < 4.78 is 31.1. The van der Waals surface area contributed by atoms with E-state index < -0.39 is 21.9 Å². The molecule has 7 heteroatoms. The van der Waals surface area contributed by atoms with Crippen molar-refractivity contribution >= 4 is 16.1 Å². The van der Waals surface area contributed by atoms with Gasteiger partial charge < -0.3 is 10.5 Å². The highest BCUT2D eigenvalue weighted by Crippen LogP contribution is 2.10. The maximum absolute atomic E-state index is 11.3. The van der Waals surface area contributed by atoms with Crippen LogP contribution in [0.2, 0.25) is 0 Å². The maximum Gasteiger partial charge on any atom is 0.306 e. The molecule has 17 heavy (non-hydrogen) atoms. The number of hydrogen-bond acceptors (Lipinski definition) is 6. The smallest absolute Gasteiger partial charge is 0.306 e. The first-order valence-corrected chi connectivity index (χ1v) is 7.17. The number of ether oxygens (including phenoxy) is 1. The lowest BCUT2D eigenvalue weighted by Gasteiger charge is -2.19. The van der Waals surface area contributed by atoms with Crippen LogP contribution >= 0.6 is 0 Å². The van der Waals surface area contributed by atoms with Gasteiger partial charge in [-0.05, 0) is 33.6 Å². The highest BCUT2D eigenvalue weighted by molar-refractivity contribution is 7.86. The van der Waals surface area contributed by atoms with Gasteiger partial charge in [0.2, 0.25) is 0 Å². The van der Waals surface area contributed by atoms with Crippen LogP contribution in [-0.2, 0) is 23.8 Å². The average molecular weight is 267 g/mol. The number of hydrogen-bond donors (Lipinski definition) is 1. The summed E-state index contributed by atoms with van der Waals surface area (Å²) in [5.41, 5.74) is 4.91. The number of rotatable bonds is 6. The van der Waals surface area contributed by atoms with Crippen LogP contribution in [0, 0.1) is 0 Å². The third-order valence-electron chi connectivity index (χ3n) is 1.59. The molecule has 0 saturated heterocycles. The molecule has 1 unspecified atom stereocenters. The second kappa shape index (κ2) is 6.32. The summed E-state index contributed by atoms with van der Waals surface area (Å²) in [7, 11) is -3.54. The molecule has 0 spiro atoms. The predicted octanol–water partition coefficient (Wildman–Crippen LogP) is 0.759. The molecule has 0 aliphatic heterocycles. The Morgan fingerprint density at radius 2 is 1.88 bits per heavy atom. The molecule has 0 heterocycles. The Kier molecular flexibility index (Phi) is 6.08. The summed E-state index contributed by atoms with van der Waals surface area (Å²) in [4.78, 5) is 11.3. The molecule has 0 aromatic carbocycles. The summed E-state index contributed by atoms with van der Waals surface area (Å²) in [5, 5.41) is 0. The van der Waals surface area contributed by atoms with Gasteiger partial charge in [-0.2, -0.15) is 8.42 Å². The van der Waals surface area contributed by atoms with Gasteiger partial charge in [0, 0.05) is 6.42 Å². The van der Waals surface area contributed by atoms with Crippen molar-refractivity contribution in [2.45, 2.75) is 51.9 Å². The van der Waals surface area contributed by atoms with Crippen LogP contribution in [0.5, 0.6) is 0 Å². The van der Waals surface area contributed by atoms with E-state index in [1.807, 2.05) is 0 Å². The first-order chi connectivity index (χ1) is 7.49. The van der Waals surface area contributed by atoms with Gasteiger partial charge >= 0.3 is 5.97 Å². The van der Waals surface area contributed by atoms with Crippen molar-refractivity contribution in [1.82, 2.24) is 0 Å². The van der Waals surface area contributed by atoms with Crippen molar-refractivity contribution in [2.75, 3.05) is 6.26 Å². The van der Waals surface area contributed by atoms with E-state index in [2.05, 4.69) is 4.18 Å².